The van der Waals surface area contributed by atoms with Crippen LogP contribution in [0, 0.1) is 13.8 Å². The predicted molar refractivity (Wildman–Crippen MR) is 124 cm³/mol. The van der Waals surface area contributed by atoms with E-state index in [1.54, 1.807) is 48.5 Å². The fourth-order valence-corrected chi connectivity index (χ4v) is 4.32. The number of aryl methyl sites for hydroxylation is 1. The molecule has 0 atom stereocenters. The maximum atomic E-state index is 13.0. The van der Waals surface area contributed by atoms with Gasteiger partial charge in [0.05, 0.1) is 11.1 Å². The maximum absolute atomic E-state index is 13.0. The molecule has 166 valence electrons. The molecule has 1 aliphatic carbocycles. The van der Waals surface area contributed by atoms with Gasteiger partial charge in [-0.15, -0.1) is 0 Å². The molecular weight excluding hydrogens is 418 g/mol. The highest BCUT2D eigenvalue weighted by molar-refractivity contribution is 6.04. The molecule has 1 fully saturated rings. The van der Waals surface area contributed by atoms with Crippen molar-refractivity contribution in [2.45, 2.75) is 32.7 Å². The van der Waals surface area contributed by atoms with Gasteiger partial charge >= 0.3 is 5.97 Å². The molecule has 0 radical (unpaired) electrons. The van der Waals surface area contributed by atoms with Gasteiger partial charge in [-0.3, -0.25) is 9.59 Å². The molecule has 0 aliphatic heterocycles. The Bertz CT molecular complexity index is 1450. The molecule has 0 N–H and O–H groups in total. The van der Waals surface area contributed by atoms with Crippen molar-refractivity contribution in [3.05, 3.63) is 93.7 Å². The fourth-order valence-electron chi connectivity index (χ4n) is 4.32. The molecule has 2 aromatic carbocycles. The number of aromatic nitrogens is 3. The van der Waals surface area contributed by atoms with Crippen LogP contribution >= 0.6 is 0 Å². The van der Waals surface area contributed by atoms with Crippen molar-refractivity contribution in [1.29, 1.82) is 0 Å². The summed E-state index contributed by atoms with van der Waals surface area (Å²) in [5.41, 5.74) is 2.69. The van der Waals surface area contributed by atoms with E-state index in [0.717, 1.165) is 24.2 Å². The lowest BCUT2D eigenvalue weighted by molar-refractivity contribution is 0.0469. The Balaban J connectivity index is 1.45. The lowest BCUT2D eigenvalue weighted by Gasteiger charge is -2.11. The van der Waals surface area contributed by atoms with E-state index in [0.29, 0.717) is 28.1 Å². The number of benzene rings is 2. The van der Waals surface area contributed by atoms with Crippen LogP contribution in [0.4, 0.5) is 0 Å². The number of hydrogen-bond donors (Lipinski definition) is 0. The first-order valence-corrected chi connectivity index (χ1v) is 10.9. The zero-order chi connectivity index (χ0) is 23.1. The number of carbonyl (C=O) groups excluding carboxylic acids is 2. The summed E-state index contributed by atoms with van der Waals surface area (Å²) in [5, 5.41) is 5.04. The largest absolute Gasteiger partial charge is 0.452 e. The summed E-state index contributed by atoms with van der Waals surface area (Å²) in [6, 6.07) is 17.9. The smallest absolute Gasteiger partial charge is 0.359 e. The van der Waals surface area contributed by atoms with Crippen LogP contribution in [-0.4, -0.2) is 32.7 Å². The molecular formula is C26H23N3O4. The van der Waals surface area contributed by atoms with Crippen LogP contribution in [0.15, 0.2) is 65.5 Å². The third-order valence-electron chi connectivity index (χ3n) is 6.03. The van der Waals surface area contributed by atoms with Crippen molar-refractivity contribution in [1.82, 2.24) is 14.3 Å². The van der Waals surface area contributed by atoms with Crippen molar-refractivity contribution in [3.8, 4) is 5.69 Å². The Morgan fingerprint density at radius 1 is 1.00 bits per heavy atom. The maximum Gasteiger partial charge on any atom is 0.359 e. The molecule has 2 aromatic heterocycles. The lowest BCUT2D eigenvalue weighted by Crippen LogP contribution is -2.26. The second kappa shape index (κ2) is 8.16. The molecule has 7 nitrogen and oxygen atoms in total. The van der Waals surface area contributed by atoms with E-state index in [9.17, 15) is 14.4 Å². The number of ether oxygens (including phenoxy) is 1. The molecule has 0 amide bonds. The van der Waals surface area contributed by atoms with Gasteiger partial charge in [0, 0.05) is 28.4 Å². The van der Waals surface area contributed by atoms with Crippen LogP contribution in [0.1, 0.15) is 51.1 Å². The van der Waals surface area contributed by atoms with E-state index in [2.05, 4.69) is 9.67 Å². The van der Waals surface area contributed by atoms with E-state index < -0.39 is 12.6 Å². The van der Waals surface area contributed by atoms with Gasteiger partial charge in [0.1, 0.15) is 0 Å². The second-order valence-electron chi connectivity index (χ2n) is 8.33. The number of hydrogen-bond acceptors (Lipinski definition) is 5. The van der Waals surface area contributed by atoms with Gasteiger partial charge < -0.3 is 9.30 Å². The minimum absolute atomic E-state index is 0.00898. The Labute approximate surface area is 190 Å². The van der Waals surface area contributed by atoms with Crippen molar-refractivity contribution in [3.63, 3.8) is 0 Å². The standard InChI is InChI=1S/C26H23N3O4/c1-16-14-22(17(2)28(16)18-12-13-18)23(30)15-33-26(32)24-20-10-6-7-11-21(20)25(31)29(27-24)19-8-4-3-5-9-19/h3-11,14,18H,12-13,15H2,1-2H3. The highest BCUT2D eigenvalue weighted by Gasteiger charge is 2.29. The van der Waals surface area contributed by atoms with Gasteiger partial charge in [0.15, 0.2) is 12.3 Å². The van der Waals surface area contributed by atoms with E-state index in [1.165, 1.54) is 4.68 Å². The molecule has 4 aromatic rings. The Morgan fingerprint density at radius 2 is 1.67 bits per heavy atom. The molecule has 5 rings (SSSR count). The van der Waals surface area contributed by atoms with E-state index in [-0.39, 0.29) is 17.0 Å². The van der Waals surface area contributed by atoms with E-state index >= 15 is 0 Å². The van der Waals surface area contributed by atoms with Crippen molar-refractivity contribution in [2.75, 3.05) is 6.61 Å². The van der Waals surface area contributed by atoms with Crippen LogP contribution < -0.4 is 5.56 Å². The summed E-state index contributed by atoms with van der Waals surface area (Å²) in [4.78, 5) is 38.8. The Kier molecular flexibility index (Phi) is 5.17. The molecule has 0 unspecified atom stereocenters. The number of para-hydroxylation sites is 1. The third-order valence-corrected chi connectivity index (χ3v) is 6.03. The van der Waals surface area contributed by atoms with Crippen LogP contribution in [0.2, 0.25) is 0 Å². The predicted octanol–water partition coefficient (Wildman–Crippen LogP) is 4.18. The van der Waals surface area contributed by atoms with Gasteiger partial charge in [-0.25, -0.2) is 4.79 Å². The van der Waals surface area contributed by atoms with Gasteiger partial charge in [0.25, 0.3) is 5.56 Å². The van der Waals surface area contributed by atoms with Gasteiger partial charge in [-0.2, -0.15) is 9.78 Å². The summed E-state index contributed by atoms with van der Waals surface area (Å²) in [7, 11) is 0. The minimum Gasteiger partial charge on any atom is -0.452 e. The number of fused-ring (bicyclic) bond motifs is 1. The molecule has 1 saturated carbocycles. The number of nitrogens with zero attached hydrogens (tertiary/aromatic N) is 3. The summed E-state index contributed by atoms with van der Waals surface area (Å²) in [6.45, 7) is 3.51. The topological polar surface area (TPSA) is 83.2 Å². The lowest BCUT2D eigenvalue weighted by atomic mass is 10.1. The first-order valence-electron chi connectivity index (χ1n) is 10.9. The summed E-state index contributed by atoms with van der Waals surface area (Å²) in [5.74, 6) is -1.01. The van der Waals surface area contributed by atoms with Crippen LogP contribution in [-0.2, 0) is 4.74 Å². The second-order valence-corrected chi connectivity index (χ2v) is 8.33. The van der Waals surface area contributed by atoms with Crippen LogP contribution in [0.5, 0.6) is 0 Å². The molecule has 2 heterocycles. The van der Waals surface area contributed by atoms with Crippen molar-refractivity contribution >= 4 is 22.5 Å². The number of ketones is 1. The molecule has 7 heteroatoms. The molecule has 1 aliphatic rings. The SMILES string of the molecule is Cc1cc(C(=O)COC(=O)c2nn(-c3ccccc3)c(=O)c3ccccc23)c(C)n1C1CC1. The summed E-state index contributed by atoms with van der Waals surface area (Å²) < 4.78 is 8.75. The minimum atomic E-state index is -0.750. The Hall–Kier alpha value is -4.00. The Morgan fingerprint density at radius 3 is 2.36 bits per heavy atom. The highest BCUT2D eigenvalue weighted by atomic mass is 16.5. The number of esters is 1. The van der Waals surface area contributed by atoms with Crippen molar-refractivity contribution in [2.24, 2.45) is 0 Å². The normalized spacial score (nSPS) is 13.3. The fraction of sp³-hybridized carbons (Fsp3) is 0.231. The number of Topliss-reactive ketones (excluding diaryl/α,β-unsaturated/α-hetero) is 1. The first kappa shape index (κ1) is 20.9. The zero-order valence-electron chi connectivity index (χ0n) is 18.4. The van der Waals surface area contributed by atoms with Crippen molar-refractivity contribution < 1.29 is 14.3 Å². The van der Waals surface area contributed by atoms with Gasteiger partial charge in [0.2, 0.25) is 5.78 Å². The van der Waals surface area contributed by atoms with Crippen LogP contribution in [0.3, 0.4) is 0 Å². The average molecular weight is 441 g/mol. The monoisotopic (exact) mass is 441 g/mol. The molecule has 33 heavy (non-hydrogen) atoms. The summed E-state index contributed by atoms with van der Waals surface area (Å²) >= 11 is 0. The molecule has 0 bridgehead atoms. The average Bonchev–Trinajstić information content (AvgIpc) is 3.62. The molecule has 0 spiro atoms. The van der Waals surface area contributed by atoms with E-state index in [1.807, 2.05) is 26.0 Å². The highest BCUT2D eigenvalue weighted by Crippen LogP contribution is 2.38. The number of carbonyl (C=O) groups is 2. The number of rotatable bonds is 6. The zero-order valence-corrected chi connectivity index (χ0v) is 18.4. The summed E-state index contributed by atoms with van der Waals surface area (Å²) in [6.07, 6.45) is 2.24. The quantitative estimate of drug-likeness (QED) is 0.331. The van der Waals surface area contributed by atoms with Gasteiger partial charge in [-0.1, -0.05) is 36.4 Å². The first-order chi connectivity index (χ1) is 16.0. The van der Waals surface area contributed by atoms with Gasteiger partial charge in [-0.05, 0) is 51.0 Å². The van der Waals surface area contributed by atoms with Crippen LogP contribution in [0.25, 0.3) is 16.5 Å². The van der Waals surface area contributed by atoms with E-state index in [4.69, 9.17) is 4.74 Å². The molecule has 0 saturated heterocycles. The third kappa shape index (κ3) is 3.75.